The molecule has 0 aliphatic carbocycles. The van der Waals surface area contributed by atoms with Crippen molar-refractivity contribution in [3.8, 4) is 0 Å². The molecule has 1 aliphatic rings. The van der Waals surface area contributed by atoms with Crippen LogP contribution in [0.3, 0.4) is 0 Å². The molecule has 0 bridgehead atoms. The summed E-state index contributed by atoms with van der Waals surface area (Å²) in [7, 11) is 3.40. The maximum atomic E-state index is 12.2. The number of anilines is 4. The molecule has 1 aliphatic heterocycles. The van der Waals surface area contributed by atoms with Crippen LogP contribution >= 0.6 is 0 Å². The first-order valence-electron chi connectivity index (χ1n) is 12.0. The van der Waals surface area contributed by atoms with Crippen LogP contribution in [-0.2, 0) is 9.63 Å². The van der Waals surface area contributed by atoms with Crippen LogP contribution in [0.4, 0.5) is 36.7 Å². The van der Waals surface area contributed by atoms with Gasteiger partial charge in [0, 0.05) is 51.0 Å². The van der Waals surface area contributed by atoms with Gasteiger partial charge in [0.1, 0.15) is 0 Å². The van der Waals surface area contributed by atoms with Crippen LogP contribution in [0.15, 0.2) is 18.2 Å². The molecule has 39 heavy (non-hydrogen) atoms. The first-order chi connectivity index (χ1) is 18.1. The van der Waals surface area contributed by atoms with Gasteiger partial charge in [-0.15, -0.1) is 0 Å². The summed E-state index contributed by atoms with van der Waals surface area (Å²) >= 11 is 0. The molecule has 12 nitrogen and oxygen atoms in total. The Morgan fingerprint density at radius 3 is 2.31 bits per heavy atom. The molecule has 0 spiro atoms. The fourth-order valence-electron chi connectivity index (χ4n) is 3.54. The molecule has 1 amide bonds. The van der Waals surface area contributed by atoms with Crippen molar-refractivity contribution in [1.29, 1.82) is 0 Å². The summed E-state index contributed by atoms with van der Waals surface area (Å²) in [5.41, 5.74) is 4.62. The lowest BCUT2D eigenvalue weighted by Gasteiger charge is -2.30. The molecular weight excluding hydrogens is 521 g/mol. The first kappa shape index (κ1) is 31.5. The van der Waals surface area contributed by atoms with E-state index in [0.29, 0.717) is 23.4 Å². The standard InChI is InChI=1S/C22H34N8O2.C2HF3O2/c1-15-7-8-16(18(31)28-32-6)13-17(15)24-19-25-20(29(5)14-22(2,3)4)27-21(26-19)30-11-9-23-10-12-30;3-2(4,5)1(6)7/h7-8,13,23H,9-12,14H2,1-6H3,(H,28,31)(H,24,25,26,27);(H,6,7). The van der Waals surface area contributed by atoms with Gasteiger partial charge in [0.2, 0.25) is 17.8 Å². The van der Waals surface area contributed by atoms with Crippen molar-refractivity contribution in [2.45, 2.75) is 33.9 Å². The number of hydroxylamine groups is 1. The van der Waals surface area contributed by atoms with Crippen LogP contribution in [-0.4, -0.2) is 85.0 Å². The van der Waals surface area contributed by atoms with Crippen molar-refractivity contribution in [3.63, 3.8) is 0 Å². The summed E-state index contributed by atoms with van der Waals surface area (Å²) in [6.45, 7) is 12.7. The summed E-state index contributed by atoms with van der Waals surface area (Å²) in [6.07, 6.45) is -5.08. The molecule has 0 unspecified atom stereocenters. The van der Waals surface area contributed by atoms with E-state index in [4.69, 9.17) is 24.7 Å². The van der Waals surface area contributed by atoms with Gasteiger partial charge in [-0.1, -0.05) is 26.8 Å². The number of aryl methyl sites for hydroxylation is 1. The summed E-state index contributed by atoms with van der Waals surface area (Å²) in [6, 6.07) is 5.38. The highest BCUT2D eigenvalue weighted by atomic mass is 19.4. The van der Waals surface area contributed by atoms with Crippen LogP contribution in [0.1, 0.15) is 36.7 Å². The Labute approximate surface area is 224 Å². The fourth-order valence-corrected chi connectivity index (χ4v) is 3.54. The maximum absolute atomic E-state index is 12.2. The average molecular weight is 557 g/mol. The Balaban J connectivity index is 0.000000673. The van der Waals surface area contributed by atoms with E-state index in [-0.39, 0.29) is 11.3 Å². The second-order valence-corrected chi connectivity index (χ2v) is 10.0. The molecule has 3 rings (SSSR count). The number of rotatable bonds is 7. The highest BCUT2D eigenvalue weighted by Crippen LogP contribution is 2.25. The predicted octanol–water partition coefficient (Wildman–Crippen LogP) is 2.74. The molecule has 0 atom stereocenters. The van der Waals surface area contributed by atoms with Gasteiger partial charge < -0.3 is 25.5 Å². The number of piperazine rings is 1. The monoisotopic (exact) mass is 556 g/mol. The molecule has 0 saturated carbocycles. The Hall–Kier alpha value is -3.72. The number of carboxylic acids is 1. The fraction of sp³-hybridized carbons (Fsp3) is 0.542. The van der Waals surface area contributed by atoms with Crippen LogP contribution in [0.5, 0.6) is 0 Å². The maximum Gasteiger partial charge on any atom is 0.490 e. The molecule has 0 radical (unpaired) electrons. The minimum atomic E-state index is -5.08. The number of benzene rings is 1. The van der Waals surface area contributed by atoms with Crippen molar-refractivity contribution in [2.24, 2.45) is 5.41 Å². The van der Waals surface area contributed by atoms with E-state index in [1.807, 2.05) is 24.9 Å². The molecule has 1 saturated heterocycles. The quantitative estimate of drug-likeness (QED) is 0.374. The highest BCUT2D eigenvalue weighted by molar-refractivity contribution is 5.94. The largest absolute Gasteiger partial charge is 0.490 e. The van der Waals surface area contributed by atoms with Gasteiger partial charge in [-0.25, -0.2) is 10.3 Å². The molecule has 4 N–H and O–H groups in total. The van der Waals surface area contributed by atoms with Crippen LogP contribution in [0, 0.1) is 12.3 Å². The Kier molecular flexibility index (Phi) is 10.8. The SMILES string of the molecule is CONC(=O)c1ccc(C)c(Nc2nc(N(C)CC(C)(C)C)nc(N3CCNCC3)n2)c1.O=C(O)C(F)(F)F. The molecule has 2 heterocycles. The van der Waals surface area contributed by atoms with Crippen molar-refractivity contribution in [2.75, 3.05) is 62.0 Å². The normalized spacial score (nSPS) is 13.7. The Morgan fingerprint density at radius 1 is 1.15 bits per heavy atom. The number of carbonyl (C=O) groups excluding carboxylic acids is 1. The van der Waals surface area contributed by atoms with E-state index in [2.05, 4.69) is 46.8 Å². The lowest BCUT2D eigenvalue weighted by molar-refractivity contribution is -0.192. The minimum absolute atomic E-state index is 0.0871. The third-order valence-electron chi connectivity index (χ3n) is 5.25. The third kappa shape index (κ3) is 10.2. The van der Waals surface area contributed by atoms with Gasteiger partial charge in [0.15, 0.2) is 0 Å². The molecule has 1 aromatic heterocycles. The first-order valence-corrected chi connectivity index (χ1v) is 12.0. The topological polar surface area (TPSA) is 145 Å². The van der Waals surface area contributed by atoms with Crippen molar-refractivity contribution >= 4 is 35.4 Å². The number of alkyl halides is 3. The summed E-state index contributed by atoms with van der Waals surface area (Å²) in [4.78, 5) is 44.2. The summed E-state index contributed by atoms with van der Waals surface area (Å²) < 4.78 is 31.7. The Morgan fingerprint density at radius 2 is 1.77 bits per heavy atom. The number of carbonyl (C=O) groups is 2. The molecule has 15 heteroatoms. The minimum Gasteiger partial charge on any atom is -0.475 e. The zero-order valence-electron chi connectivity index (χ0n) is 22.8. The lowest BCUT2D eigenvalue weighted by atomic mass is 9.96. The van der Waals surface area contributed by atoms with E-state index in [1.54, 1.807) is 12.1 Å². The number of hydrogen-bond donors (Lipinski definition) is 4. The summed E-state index contributed by atoms with van der Waals surface area (Å²) in [5, 5.41) is 13.8. The van der Waals surface area contributed by atoms with E-state index < -0.39 is 12.1 Å². The molecule has 1 fully saturated rings. The van der Waals surface area contributed by atoms with Gasteiger partial charge in [-0.05, 0) is 30.0 Å². The predicted molar refractivity (Wildman–Crippen MR) is 140 cm³/mol. The van der Waals surface area contributed by atoms with Crippen LogP contribution < -0.4 is 25.9 Å². The second kappa shape index (κ2) is 13.4. The van der Waals surface area contributed by atoms with Crippen molar-refractivity contribution in [1.82, 2.24) is 25.7 Å². The Bertz CT molecular complexity index is 1140. The number of amides is 1. The second-order valence-electron chi connectivity index (χ2n) is 10.0. The number of halogens is 3. The van der Waals surface area contributed by atoms with E-state index in [9.17, 15) is 18.0 Å². The number of nitrogens with one attached hydrogen (secondary N) is 3. The molecular formula is C24H35F3N8O4. The summed E-state index contributed by atoms with van der Waals surface area (Å²) in [5.74, 6) is -1.38. The smallest absolute Gasteiger partial charge is 0.475 e. The third-order valence-corrected chi connectivity index (χ3v) is 5.25. The van der Waals surface area contributed by atoms with Crippen molar-refractivity contribution in [3.05, 3.63) is 29.3 Å². The van der Waals surface area contributed by atoms with Gasteiger partial charge in [-0.3, -0.25) is 9.63 Å². The number of aliphatic carboxylic acids is 1. The zero-order chi connectivity index (χ0) is 29.4. The number of carboxylic acid groups (broad SMARTS) is 1. The van der Waals surface area contributed by atoms with Crippen molar-refractivity contribution < 1.29 is 32.7 Å². The van der Waals surface area contributed by atoms with E-state index >= 15 is 0 Å². The molecule has 2 aromatic rings. The number of aromatic nitrogens is 3. The molecule has 216 valence electrons. The lowest BCUT2D eigenvalue weighted by Crippen LogP contribution is -2.44. The van der Waals surface area contributed by atoms with Gasteiger partial charge in [-0.2, -0.15) is 28.1 Å². The van der Waals surface area contributed by atoms with Gasteiger partial charge >= 0.3 is 12.1 Å². The van der Waals surface area contributed by atoms with Crippen LogP contribution in [0.25, 0.3) is 0 Å². The number of hydrogen-bond acceptors (Lipinski definition) is 10. The van der Waals surface area contributed by atoms with Gasteiger partial charge in [0.25, 0.3) is 5.91 Å². The van der Waals surface area contributed by atoms with E-state index in [1.165, 1.54) is 7.11 Å². The van der Waals surface area contributed by atoms with Crippen LogP contribution in [0.2, 0.25) is 0 Å². The van der Waals surface area contributed by atoms with Gasteiger partial charge in [0.05, 0.1) is 7.11 Å². The number of nitrogens with zero attached hydrogens (tertiary/aromatic N) is 5. The van der Waals surface area contributed by atoms with E-state index in [0.717, 1.165) is 44.0 Å². The highest BCUT2D eigenvalue weighted by Gasteiger charge is 2.38. The zero-order valence-corrected chi connectivity index (χ0v) is 22.8. The average Bonchev–Trinajstić information content (AvgIpc) is 2.84. The molecule has 1 aromatic carbocycles.